The summed E-state index contributed by atoms with van der Waals surface area (Å²) in [6.07, 6.45) is 6.53. The van der Waals surface area contributed by atoms with E-state index in [1.807, 2.05) is 24.3 Å². The van der Waals surface area contributed by atoms with Gasteiger partial charge in [-0.1, -0.05) is 31.0 Å². The maximum Gasteiger partial charge on any atom is 0.348 e. The molecule has 0 heterocycles. The van der Waals surface area contributed by atoms with Gasteiger partial charge in [0, 0.05) is 0 Å². The van der Waals surface area contributed by atoms with Gasteiger partial charge >= 0.3 is 5.97 Å². The summed E-state index contributed by atoms with van der Waals surface area (Å²) in [4.78, 5) is 11.6. The van der Waals surface area contributed by atoms with Crippen molar-refractivity contribution in [2.24, 2.45) is 0 Å². The van der Waals surface area contributed by atoms with Crippen molar-refractivity contribution in [2.75, 3.05) is 6.61 Å². The summed E-state index contributed by atoms with van der Waals surface area (Å²) < 4.78 is 4.86. The van der Waals surface area contributed by atoms with Crippen LogP contribution in [0.25, 0.3) is 6.08 Å². The van der Waals surface area contributed by atoms with Gasteiger partial charge in [0.1, 0.15) is 11.6 Å². The second kappa shape index (κ2) is 6.91. The van der Waals surface area contributed by atoms with Crippen LogP contribution < -0.4 is 0 Å². The third kappa shape index (κ3) is 3.48. The van der Waals surface area contributed by atoms with Crippen molar-refractivity contribution in [3.05, 3.63) is 41.0 Å². The Hall–Kier alpha value is -2.08. The van der Waals surface area contributed by atoms with Gasteiger partial charge in [-0.25, -0.2) is 4.79 Å². The zero-order chi connectivity index (χ0) is 14.4. The third-order valence-electron chi connectivity index (χ3n) is 3.57. The van der Waals surface area contributed by atoms with E-state index in [0.29, 0.717) is 5.92 Å². The highest BCUT2D eigenvalue weighted by Gasteiger charge is 2.17. The van der Waals surface area contributed by atoms with Crippen molar-refractivity contribution < 1.29 is 9.53 Å². The maximum absolute atomic E-state index is 11.6. The van der Waals surface area contributed by atoms with E-state index in [0.717, 1.165) is 5.56 Å². The maximum atomic E-state index is 11.6. The number of nitrogens with zero attached hydrogens (tertiary/aromatic N) is 1. The molecule has 0 saturated heterocycles. The fraction of sp³-hybridized carbons (Fsp3) is 0.412. The number of esters is 1. The van der Waals surface area contributed by atoms with Crippen LogP contribution in [0.5, 0.6) is 0 Å². The molecule has 0 atom stereocenters. The van der Waals surface area contributed by atoms with Crippen LogP contribution in [-0.2, 0) is 9.53 Å². The fourth-order valence-electron chi connectivity index (χ4n) is 2.58. The van der Waals surface area contributed by atoms with Crippen molar-refractivity contribution in [1.82, 2.24) is 0 Å². The van der Waals surface area contributed by atoms with Gasteiger partial charge in [0.2, 0.25) is 0 Å². The van der Waals surface area contributed by atoms with Gasteiger partial charge in [-0.15, -0.1) is 0 Å². The zero-order valence-corrected chi connectivity index (χ0v) is 11.7. The first kappa shape index (κ1) is 14.3. The summed E-state index contributed by atoms with van der Waals surface area (Å²) in [6.45, 7) is 2.00. The molecule has 1 radical (unpaired) electrons. The molecular weight excluding hydrogens is 250 g/mol. The normalized spacial score (nSPS) is 15.9. The van der Waals surface area contributed by atoms with Crippen LogP contribution in [0.2, 0.25) is 0 Å². The average Bonchev–Trinajstić information content (AvgIpc) is 2.99. The lowest BCUT2D eigenvalue weighted by atomic mass is 9.95. The number of carbonyl (C=O) groups excluding carboxylic acids is 1. The summed E-state index contributed by atoms with van der Waals surface area (Å²) in [6, 6.07) is 10.9. The molecule has 0 spiro atoms. The molecule has 1 aromatic carbocycles. The van der Waals surface area contributed by atoms with Gasteiger partial charge < -0.3 is 4.74 Å². The summed E-state index contributed by atoms with van der Waals surface area (Å²) in [5, 5.41) is 9.04. The molecule has 0 N–H and O–H groups in total. The molecule has 1 aliphatic rings. The Balaban J connectivity index is 2.21. The summed E-state index contributed by atoms with van der Waals surface area (Å²) in [5.41, 5.74) is 2.07. The Kier molecular flexibility index (Phi) is 4.95. The largest absolute Gasteiger partial charge is 0.462 e. The van der Waals surface area contributed by atoms with Crippen LogP contribution in [0.1, 0.15) is 49.7 Å². The number of ether oxygens (including phenoxy) is 1. The van der Waals surface area contributed by atoms with E-state index in [2.05, 4.69) is 6.07 Å². The lowest BCUT2D eigenvalue weighted by molar-refractivity contribution is -0.137. The predicted octanol–water partition coefficient (Wildman–Crippen LogP) is 3.61. The van der Waals surface area contributed by atoms with Crippen molar-refractivity contribution in [2.45, 2.75) is 38.5 Å². The topological polar surface area (TPSA) is 50.1 Å². The Morgan fingerprint density at radius 2 is 2.30 bits per heavy atom. The molecule has 1 aromatic rings. The molecule has 0 aromatic heterocycles. The fourth-order valence-corrected chi connectivity index (χ4v) is 2.58. The van der Waals surface area contributed by atoms with E-state index in [4.69, 9.17) is 10.00 Å². The molecule has 1 saturated carbocycles. The average molecular weight is 268 g/mol. The highest BCUT2D eigenvalue weighted by atomic mass is 16.5. The summed E-state index contributed by atoms with van der Waals surface area (Å²) in [7, 11) is 0. The first-order valence-corrected chi connectivity index (χ1v) is 7.05. The molecule has 3 nitrogen and oxygen atoms in total. The van der Waals surface area contributed by atoms with Crippen LogP contribution >= 0.6 is 0 Å². The van der Waals surface area contributed by atoms with Crippen LogP contribution in [-0.4, -0.2) is 12.6 Å². The SMILES string of the molecule is CCOC(=O)C(C#N)=Cc1cc[c]c(C2CCCC2)c1. The van der Waals surface area contributed by atoms with Crippen LogP contribution in [0.3, 0.4) is 0 Å². The number of carbonyl (C=O) groups is 1. The van der Waals surface area contributed by atoms with Crippen molar-refractivity contribution in [3.63, 3.8) is 0 Å². The number of rotatable bonds is 4. The smallest absolute Gasteiger partial charge is 0.348 e. The van der Waals surface area contributed by atoms with Crippen molar-refractivity contribution in [1.29, 1.82) is 5.26 Å². The van der Waals surface area contributed by atoms with Gasteiger partial charge in [0.25, 0.3) is 0 Å². The standard InChI is InChI=1S/C17H18NO2/c1-2-20-17(19)16(12-18)11-13-6-5-9-15(10-13)14-7-3-4-8-14/h5-6,10-11,14H,2-4,7-8H2,1H3. The molecule has 3 heteroatoms. The second-order valence-electron chi connectivity index (χ2n) is 4.95. The number of nitriles is 1. The third-order valence-corrected chi connectivity index (χ3v) is 3.57. The van der Waals surface area contributed by atoms with Gasteiger partial charge in [-0.3, -0.25) is 0 Å². The van der Waals surface area contributed by atoms with Crippen molar-refractivity contribution in [3.8, 4) is 6.07 Å². The quantitative estimate of drug-likeness (QED) is 0.476. The Morgan fingerprint density at radius 1 is 1.55 bits per heavy atom. The number of hydrogen-bond donors (Lipinski definition) is 0. The minimum atomic E-state index is -0.565. The Bertz CT molecular complexity index is 548. The van der Waals surface area contributed by atoms with Crippen LogP contribution in [0, 0.1) is 17.4 Å². The predicted molar refractivity (Wildman–Crippen MR) is 76.7 cm³/mol. The Labute approximate surface area is 119 Å². The van der Waals surface area contributed by atoms with Gasteiger partial charge in [-0.05, 0) is 49.0 Å². The van der Waals surface area contributed by atoms with Crippen LogP contribution in [0.4, 0.5) is 0 Å². The number of hydrogen-bond acceptors (Lipinski definition) is 3. The Morgan fingerprint density at radius 3 is 2.95 bits per heavy atom. The van der Waals surface area contributed by atoms with Gasteiger partial charge in [0.05, 0.1) is 6.61 Å². The molecule has 0 amide bonds. The van der Waals surface area contributed by atoms with Gasteiger partial charge in [0.15, 0.2) is 0 Å². The molecule has 0 unspecified atom stereocenters. The van der Waals surface area contributed by atoms with Crippen LogP contribution in [0.15, 0.2) is 23.8 Å². The lowest BCUT2D eigenvalue weighted by Gasteiger charge is -2.09. The molecule has 0 aliphatic heterocycles. The van der Waals surface area contributed by atoms with Crippen molar-refractivity contribution >= 4 is 12.0 Å². The molecule has 0 bridgehead atoms. The summed E-state index contributed by atoms with van der Waals surface area (Å²) in [5.74, 6) is 0.00160. The first-order valence-electron chi connectivity index (χ1n) is 7.05. The molecule has 20 heavy (non-hydrogen) atoms. The first-order chi connectivity index (χ1) is 9.74. The van der Waals surface area contributed by atoms with E-state index in [1.54, 1.807) is 13.0 Å². The minimum Gasteiger partial charge on any atom is -0.462 e. The van der Waals surface area contributed by atoms with E-state index >= 15 is 0 Å². The molecule has 1 fully saturated rings. The number of benzene rings is 1. The van der Waals surface area contributed by atoms with E-state index in [9.17, 15) is 4.79 Å². The monoisotopic (exact) mass is 268 g/mol. The highest BCUT2D eigenvalue weighted by Crippen LogP contribution is 2.34. The van der Waals surface area contributed by atoms with E-state index in [1.165, 1.54) is 31.2 Å². The highest BCUT2D eigenvalue weighted by molar-refractivity contribution is 5.97. The minimum absolute atomic E-state index is 0.0374. The molecule has 103 valence electrons. The summed E-state index contributed by atoms with van der Waals surface area (Å²) >= 11 is 0. The van der Waals surface area contributed by atoms with E-state index in [-0.39, 0.29) is 12.2 Å². The zero-order valence-electron chi connectivity index (χ0n) is 11.7. The molecular formula is C17H18NO2. The van der Waals surface area contributed by atoms with E-state index < -0.39 is 5.97 Å². The lowest BCUT2D eigenvalue weighted by Crippen LogP contribution is -2.06. The molecule has 2 rings (SSSR count). The van der Waals surface area contributed by atoms with Gasteiger partial charge in [-0.2, -0.15) is 5.26 Å². The molecule has 1 aliphatic carbocycles. The second-order valence-corrected chi connectivity index (χ2v) is 4.95.